The largest absolute Gasteiger partial charge is 0.348 e. The molecule has 1 aromatic carbocycles. The molecule has 1 amide bonds. The zero-order chi connectivity index (χ0) is 15.2. The first-order chi connectivity index (χ1) is 10.1. The maximum Gasteiger partial charge on any atom is 0.244 e. The van der Waals surface area contributed by atoms with E-state index in [1.807, 2.05) is 0 Å². The molecule has 0 unspecified atom stereocenters. The van der Waals surface area contributed by atoms with Crippen LogP contribution in [0, 0.1) is 0 Å². The van der Waals surface area contributed by atoms with E-state index in [0.717, 1.165) is 5.56 Å². The fourth-order valence-corrected chi connectivity index (χ4v) is 2.06. The Morgan fingerprint density at radius 2 is 2.00 bits per heavy atom. The van der Waals surface area contributed by atoms with Crippen LogP contribution in [0.25, 0.3) is 6.08 Å². The second-order valence-electron chi connectivity index (χ2n) is 4.18. The van der Waals surface area contributed by atoms with Gasteiger partial charge in [-0.25, -0.2) is 4.98 Å². The molecule has 0 saturated carbocycles. The molecular formula is C15H11Cl3N2O. The number of benzene rings is 1. The van der Waals surface area contributed by atoms with Crippen LogP contribution in [0.3, 0.4) is 0 Å². The van der Waals surface area contributed by atoms with Crippen molar-refractivity contribution >= 4 is 46.8 Å². The molecule has 6 heteroatoms. The summed E-state index contributed by atoms with van der Waals surface area (Å²) in [5, 5.41) is 4.03. The number of hydrogen-bond donors (Lipinski definition) is 1. The predicted molar refractivity (Wildman–Crippen MR) is 86.6 cm³/mol. The Morgan fingerprint density at radius 1 is 1.19 bits per heavy atom. The van der Waals surface area contributed by atoms with Crippen LogP contribution in [0.2, 0.25) is 15.2 Å². The Kier molecular flexibility index (Phi) is 5.62. The van der Waals surface area contributed by atoms with Gasteiger partial charge >= 0.3 is 0 Å². The number of rotatable bonds is 4. The molecule has 0 saturated heterocycles. The highest BCUT2D eigenvalue weighted by atomic mass is 35.5. The fourth-order valence-electron chi connectivity index (χ4n) is 1.57. The molecule has 0 radical (unpaired) electrons. The maximum absolute atomic E-state index is 11.7. The van der Waals surface area contributed by atoms with Gasteiger partial charge in [0.25, 0.3) is 0 Å². The number of amides is 1. The zero-order valence-corrected chi connectivity index (χ0v) is 13.1. The molecule has 1 heterocycles. The molecule has 3 nitrogen and oxygen atoms in total. The van der Waals surface area contributed by atoms with Crippen molar-refractivity contribution in [2.24, 2.45) is 0 Å². The van der Waals surface area contributed by atoms with E-state index in [4.69, 9.17) is 34.8 Å². The molecule has 21 heavy (non-hydrogen) atoms. The zero-order valence-electron chi connectivity index (χ0n) is 10.8. The number of carbonyl (C=O) groups excluding carboxylic acids is 1. The molecule has 0 bridgehead atoms. The standard InChI is InChI=1S/C15H11Cl3N2O/c16-12-3-1-2-11(15(12)18)5-7-14(21)20-9-10-4-6-13(17)19-8-10/h1-8H,9H2,(H,20,21)/b7-5+. The lowest BCUT2D eigenvalue weighted by Crippen LogP contribution is -2.20. The summed E-state index contributed by atoms with van der Waals surface area (Å²) in [5.41, 5.74) is 1.55. The number of hydrogen-bond acceptors (Lipinski definition) is 2. The van der Waals surface area contributed by atoms with Crippen LogP contribution in [0.4, 0.5) is 0 Å². The Balaban J connectivity index is 1.94. The average Bonchev–Trinajstić information content (AvgIpc) is 2.48. The molecular weight excluding hydrogens is 331 g/mol. The Bertz CT molecular complexity index is 669. The van der Waals surface area contributed by atoms with Gasteiger partial charge in [0.2, 0.25) is 5.91 Å². The average molecular weight is 342 g/mol. The third-order valence-electron chi connectivity index (χ3n) is 2.65. The first-order valence-corrected chi connectivity index (χ1v) is 7.20. The molecule has 1 N–H and O–H groups in total. The maximum atomic E-state index is 11.7. The van der Waals surface area contributed by atoms with Crippen LogP contribution < -0.4 is 5.32 Å². The van der Waals surface area contributed by atoms with E-state index in [-0.39, 0.29) is 5.91 Å². The summed E-state index contributed by atoms with van der Waals surface area (Å²) in [6.45, 7) is 0.372. The minimum Gasteiger partial charge on any atom is -0.348 e. The van der Waals surface area contributed by atoms with Crippen LogP contribution in [-0.4, -0.2) is 10.9 Å². The molecule has 1 aromatic heterocycles. The highest BCUT2D eigenvalue weighted by Gasteiger charge is 2.02. The lowest BCUT2D eigenvalue weighted by atomic mass is 10.2. The number of carbonyl (C=O) groups is 1. The summed E-state index contributed by atoms with van der Waals surface area (Å²) in [5.74, 6) is -0.235. The van der Waals surface area contributed by atoms with E-state index in [9.17, 15) is 4.79 Å². The number of aromatic nitrogens is 1. The summed E-state index contributed by atoms with van der Waals surface area (Å²) < 4.78 is 0. The van der Waals surface area contributed by atoms with Crippen molar-refractivity contribution in [3.05, 3.63) is 68.9 Å². The second-order valence-corrected chi connectivity index (χ2v) is 5.36. The van der Waals surface area contributed by atoms with Crippen LogP contribution in [0.1, 0.15) is 11.1 Å². The van der Waals surface area contributed by atoms with Gasteiger partial charge in [-0.3, -0.25) is 4.79 Å². The van der Waals surface area contributed by atoms with Gasteiger partial charge in [0, 0.05) is 18.8 Å². The molecule has 2 aromatic rings. The lowest BCUT2D eigenvalue weighted by Gasteiger charge is -2.03. The van der Waals surface area contributed by atoms with Crippen molar-refractivity contribution in [1.82, 2.24) is 10.3 Å². The highest BCUT2D eigenvalue weighted by Crippen LogP contribution is 2.26. The van der Waals surface area contributed by atoms with Crippen LogP contribution in [0.5, 0.6) is 0 Å². The molecule has 2 rings (SSSR count). The van der Waals surface area contributed by atoms with Crippen molar-refractivity contribution in [2.75, 3.05) is 0 Å². The minimum atomic E-state index is -0.235. The van der Waals surface area contributed by atoms with Gasteiger partial charge in [-0.2, -0.15) is 0 Å². The molecule has 0 aliphatic heterocycles. The van der Waals surface area contributed by atoms with Crippen molar-refractivity contribution in [2.45, 2.75) is 6.54 Å². The van der Waals surface area contributed by atoms with Crippen LogP contribution in [0.15, 0.2) is 42.6 Å². The summed E-state index contributed by atoms with van der Waals surface area (Å²) in [4.78, 5) is 15.7. The van der Waals surface area contributed by atoms with E-state index in [1.165, 1.54) is 6.08 Å². The van der Waals surface area contributed by atoms with Gasteiger partial charge in [-0.05, 0) is 29.3 Å². The van der Waals surface area contributed by atoms with Gasteiger partial charge in [0.1, 0.15) is 5.15 Å². The smallest absolute Gasteiger partial charge is 0.244 e. The number of nitrogens with zero attached hydrogens (tertiary/aromatic N) is 1. The van der Waals surface area contributed by atoms with Crippen LogP contribution in [-0.2, 0) is 11.3 Å². The SMILES string of the molecule is O=C(/C=C/c1cccc(Cl)c1Cl)NCc1ccc(Cl)nc1. The van der Waals surface area contributed by atoms with Gasteiger partial charge in [0.15, 0.2) is 0 Å². The van der Waals surface area contributed by atoms with Crippen LogP contribution >= 0.6 is 34.8 Å². The molecule has 0 spiro atoms. The molecule has 0 aliphatic rings. The van der Waals surface area contributed by atoms with Crippen molar-refractivity contribution < 1.29 is 4.79 Å². The number of halogens is 3. The van der Waals surface area contributed by atoms with Crippen molar-refractivity contribution in [3.8, 4) is 0 Å². The van der Waals surface area contributed by atoms with Gasteiger partial charge in [-0.15, -0.1) is 0 Å². The third kappa shape index (κ3) is 4.74. The van der Waals surface area contributed by atoms with Gasteiger partial charge < -0.3 is 5.32 Å². The third-order valence-corrected chi connectivity index (χ3v) is 3.71. The molecule has 0 atom stereocenters. The Hall–Kier alpha value is -1.55. The fraction of sp³-hybridized carbons (Fsp3) is 0.0667. The normalized spacial score (nSPS) is 10.8. The molecule has 0 fully saturated rings. The summed E-state index contributed by atoms with van der Waals surface area (Å²) in [6.07, 6.45) is 4.63. The number of pyridine rings is 1. The van der Waals surface area contributed by atoms with E-state index < -0.39 is 0 Å². The van der Waals surface area contributed by atoms with Crippen molar-refractivity contribution in [3.63, 3.8) is 0 Å². The Morgan fingerprint density at radius 3 is 2.71 bits per heavy atom. The highest BCUT2D eigenvalue weighted by molar-refractivity contribution is 6.42. The lowest BCUT2D eigenvalue weighted by molar-refractivity contribution is -0.116. The second kappa shape index (κ2) is 7.46. The quantitative estimate of drug-likeness (QED) is 0.662. The first kappa shape index (κ1) is 15.8. The van der Waals surface area contributed by atoms with Gasteiger partial charge in [-0.1, -0.05) is 53.0 Å². The number of nitrogens with one attached hydrogen (secondary N) is 1. The van der Waals surface area contributed by atoms with Crippen molar-refractivity contribution in [1.29, 1.82) is 0 Å². The Labute approximate surface area is 137 Å². The van der Waals surface area contributed by atoms with E-state index in [0.29, 0.717) is 27.3 Å². The van der Waals surface area contributed by atoms with E-state index >= 15 is 0 Å². The monoisotopic (exact) mass is 340 g/mol. The minimum absolute atomic E-state index is 0.235. The predicted octanol–water partition coefficient (Wildman–Crippen LogP) is 4.37. The van der Waals surface area contributed by atoms with Gasteiger partial charge in [0.05, 0.1) is 10.0 Å². The first-order valence-electron chi connectivity index (χ1n) is 6.06. The van der Waals surface area contributed by atoms with E-state index in [1.54, 1.807) is 42.6 Å². The molecule has 108 valence electrons. The summed E-state index contributed by atoms with van der Waals surface area (Å²) in [7, 11) is 0. The summed E-state index contributed by atoms with van der Waals surface area (Å²) >= 11 is 17.6. The summed E-state index contributed by atoms with van der Waals surface area (Å²) in [6, 6.07) is 8.71. The molecule has 0 aliphatic carbocycles. The topological polar surface area (TPSA) is 42.0 Å². The van der Waals surface area contributed by atoms with E-state index in [2.05, 4.69) is 10.3 Å².